The first-order chi connectivity index (χ1) is 15.1. The lowest BCUT2D eigenvalue weighted by Crippen LogP contribution is -2.43. The Morgan fingerprint density at radius 1 is 0.875 bits per heavy atom. The average molecular weight is 433 g/mol. The van der Waals surface area contributed by atoms with Gasteiger partial charge in [0.15, 0.2) is 0 Å². The van der Waals surface area contributed by atoms with Crippen LogP contribution in [0.25, 0.3) is 0 Å². The van der Waals surface area contributed by atoms with Gasteiger partial charge in [-0.25, -0.2) is 4.39 Å². The third-order valence-corrected chi connectivity index (χ3v) is 5.64. The van der Waals surface area contributed by atoms with Crippen molar-refractivity contribution in [1.29, 1.82) is 0 Å². The van der Waals surface area contributed by atoms with Gasteiger partial charge in [-0.2, -0.15) is 0 Å². The minimum absolute atomic E-state index is 0.0604. The van der Waals surface area contributed by atoms with Crippen LogP contribution >= 0.6 is 0 Å². The number of rotatable bonds is 6. The second kappa shape index (κ2) is 9.35. The van der Waals surface area contributed by atoms with E-state index in [2.05, 4.69) is 20.8 Å². The molecule has 0 saturated carbocycles. The lowest BCUT2D eigenvalue weighted by atomic mass is 9.86. The van der Waals surface area contributed by atoms with E-state index in [1.807, 2.05) is 30.3 Å². The molecule has 2 atom stereocenters. The number of halogens is 1. The highest BCUT2D eigenvalue weighted by molar-refractivity contribution is 5.98. The summed E-state index contributed by atoms with van der Waals surface area (Å²) in [5, 5.41) is 0. The lowest BCUT2D eigenvalue weighted by molar-refractivity contribution is -0.123. The molecule has 0 aliphatic rings. The summed E-state index contributed by atoms with van der Waals surface area (Å²) in [5.74, 6) is -1.42. The molecule has 2 amide bonds. The third kappa shape index (κ3) is 5.05. The largest absolute Gasteiger partial charge is 0.368 e. The Morgan fingerprint density at radius 3 is 2.03 bits per heavy atom. The van der Waals surface area contributed by atoms with Crippen LogP contribution in [0.4, 0.5) is 4.39 Å². The number of carbonyl (C=O) groups excluding carboxylic acids is 2. The number of nitrogens with two attached hydrogens (primary N) is 1. The van der Waals surface area contributed by atoms with E-state index in [1.54, 1.807) is 43.3 Å². The molecule has 0 aliphatic heterocycles. The van der Waals surface area contributed by atoms with Gasteiger partial charge in [0.2, 0.25) is 5.91 Å². The number of amides is 2. The van der Waals surface area contributed by atoms with Crippen LogP contribution in [0.3, 0.4) is 0 Å². The highest BCUT2D eigenvalue weighted by atomic mass is 19.1. The number of primary amides is 1. The summed E-state index contributed by atoms with van der Waals surface area (Å²) in [5.41, 5.74) is 8.50. The van der Waals surface area contributed by atoms with Crippen molar-refractivity contribution < 1.29 is 14.0 Å². The second-order valence-electron chi connectivity index (χ2n) is 8.99. The molecule has 0 heterocycles. The summed E-state index contributed by atoms with van der Waals surface area (Å²) in [6, 6.07) is 20.7. The maximum atomic E-state index is 14.0. The molecule has 0 saturated heterocycles. The standard InChI is InChI=1S/C27H29FN2O2/c1-18(21-11-8-12-23(28)17-21)30(26(32)20-9-6-5-7-10-20)24(25(29)31)19-13-15-22(16-14-19)27(2,3)4/h5-18,24H,1-4H3,(H2,29,31)/t18-,24-/m1/s1. The molecular weight excluding hydrogens is 403 g/mol. The Kier molecular flexibility index (Phi) is 6.78. The molecule has 0 fully saturated rings. The number of hydrogen-bond donors (Lipinski definition) is 1. The topological polar surface area (TPSA) is 63.4 Å². The monoisotopic (exact) mass is 432 g/mol. The van der Waals surface area contributed by atoms with Crippen molar-refractivity contribution in [2.24, 2.45) is 5.73 Å². The highest BCUT2D eigenvalue weighted by Gasteiger charge is 2.35. The van der Waals surface area contributed by atoms with Gasteiger partial charge in [0.25, 0.3) is 5.91 Å². The van der Waals surface area contributed by atoms with E-state index in [0.717, 1.165) is 5.56 Å². The van der Waals surface area contributed by atoms with Gasteiger partial charge in [0.05, 0.1) is 6.04 Å². The van der Waals surface area contributed by atoms with Crippen LogP contribution in [-0.4, -0.2) is 16.7 Å². The van der Waals surface area contributed by atoms with E-state index >= 15 is 0 Å². The summed E-state index contributed by atoms with van der Waals surface area (Å²) in [4.78, 5) is 27.8. The molecule has 0 aliphatic carbocycles. The van der Waals surface area contributed by atoms with Crippen molar-refractivity contribution in [3.8, 4) is 0 Å². The SMILES string of the molecule is C[C@H](c1cccc(F)c1)N(C(=O)c1ccccc1)[C@@H](C(N)=O)c1ccc(C(C)(C)C)cc1. The zero-order chi connectivity index (χ0) is 23.5. The zero-order valence-electron chi connectivity index (χ0n) is 18.9. The Bertz CT molecular complexity index is 1090. The van der Waals surface area contributed by atoms with Crippen molar-refractivity contribution in [3.63, 3.8) is 0 Å². The lowest BCUT2D eigenvalue weighted by Gasteiger charge is -2.36. The number of carbonyl (C=O) groups is 2. The highest BCUT2D eigenvalue weighted by Crippen LogP contribution is 2.34. The minimum atomic E-state index is -1.02. The van der Waals surface area contributed by atoms with Crippen molar-refractivity contribution in [2.45, 2.75) is 45.2 Å². The van der Waals surface area contributed by atoms with Crippen molar-refractivity contribution >= 4 is 11.8 Å². The third-order valence-electron chi connectivity index (χ3n) is 5.64. The van der Waals surface area contributed by atoms with Crippen molar-refractivity contribution in [1.82, 2.24) is 4.90 Å². The first-order valence-corrected chi connectivity index (χ1v) is 10.6. The van der Waals surface area contributed by atoms with Gasteiger partial charge < -0.3 is 10.6 Å². The maximum Gasteiger partial charge on any atom is 0.255 e. The summed E-state index contributed by atoms with van der Waals surface area (Å²) in [7, 11) is 0. The van der Waals surface area contributed by atoms with Crippen LogP contribution in [0, 0.1) is 5.82 Å². The summed E-state index contributed by atoms with van der Waals surface area (Å²) in [6.45, 7) is 8.08. The quantitative estimate of drug-likeness (QED) is 0.555. The normalized spacial score (nSPS) is 13.3. The number of hydrogen-bond acceptors (Lipinski definition) is 2. The van der Waals surface area contributed by atoms with Gasteiger partial charge in [-0.15, -0.1) is 0 Å². The van der Waals surface area contributed by atoms with E-state index < -0.39 is 23.8 Å². The summed E-state index contributed by atoms with van der Waals surface area (Å²) in [6.07, 6.45) is 0. The molecule has 3 aromatic rings. The molecule has 3 aromatic carbocycles. The van der Waals surface area contributed by atoms with Gasteiger partial charge in [0, 0.05) is 5.56 Å². The van der Waals surface area contributed by atoms with Gasteiger partial charge in [-0.05, 0) is 53.3 Å². The van der Waals surface area contributed by atoms with Crippen LogP contribution in [0.15, 0.2) is 78.9 Å². The fourth-order valence-electron chi connectivity index (χ4n) is 3.80. The van der Waals surface area contributed by atoms with Gasteiger partial charge in [0.1, 0.15) is 11.9 Å². The minimum Gasteiger partial charge on any atom is -0.368 e. The van der Waals surface area contributed by atoms with Gasteiger partial charge >= 0.3 is 0 Å². The Hall–Kier alpha value is -3.47. The molecule has 166 valence electrons. The first kappa shape index (κ1) is 23.2. The molecule has 0 aromatic heterocycles. The van der Waals surface area contributed by atoms with E-state index in [1.165, 1.54) is 17.0 Å². The van der Waals surface area contributed by atoms with Crippen LogP contribution < -0.4 is 5.73 Å². The van der Waals surface area contributed by atoms with E-state index in [9.17, 15) is 14.0 Å². The molecular formula is C27H29FN2O2. The molecule has 0 radical (unpaired) electrons. The molecule has 0 unspecified atom stereocenters. The fourth-order valence-corrected chi connectivity index (χ4v) is 3.80. The van der Waals surface area contributed by atoms with E-state index in [4.69, 9.17) is 5.73 Å². The Balaban J connectivity index is 2.12. The van der Waals surface area contributed by atoms with Crippen LogP contribution in [0.1, 0.15) is 66.8 Å². The molecule has 5 heteroatoms. The number of nitrogens with zero attached hydrogens (tertiary/aromatic N) is 1. The summed E-state index contributed by atoms with van der Waals surface area (Å²) >= 11 is 0. The fraction of sp³-hybridized carbons (Fsp3) is 0.259. The predicted molar refractivity (Wildman–Crippen MR) is 125 cm³/mol. The number of benzene rings is 3. The Labute approximate surface area is 188 Å². The molecule has 0 bridgehead atoms. The van der Waals surface area contributed by atoms with E-state index in [-0.39, 0.29) is 11.3 Å². The second-order valence-corrected chi connectivity index (χ2v) is 8.99. The first-order valence-electron chi connectivity index (χ1n) is 10.6. The van der Waals surface area contributed by atoms with E-state index in [0.29, 0.717) is 16.7 Å². The van der Waals surface area contributed by atoms with Gasteiger partial charge in [-0.1, -0.05) is 75.4 Å². The Morgan fingerprint density at radius 2 is 1.50 bits per heavy atom. The molecule has 0 spiro atoms. The molecule has 3 rings (SSSR count). The molecule has 32 heavy (non-hydrogen) atoms. The van der Waals surface area contributed by atoms with Crippen LogP contribution in [0.2, 0.25) is 0 Å². The van der Waals surface area contributed by atoms with Gasteiger partial charge in [-0.3, -0.25) is 9.59 Å². The maximum absolute atomic E-state index is 14.0. The molecule has 2 N–H and O–H groups in total. The summed E-state index contributed by atoms with van der Waals surface area (Å²) < 4.78 is 14.0. The average Bonchev–Trinajstić information content (AvgIpc) is 2.76. The van der Waals surface area contributed by atoms with Crippen molar-refractivity contribution in [2.75, 3.05) is 0 Å². The predicted octanol–water partition coefficient (Wildman–Crippen LogP) is 5.55. The van der Waals surface area contributed by atoms with Crippen molar-refractivity contribution in [3.05, 3.63) is 107 Å². The smallest absolute Gasteiger partial charge is 0.255 e. The van der Waals surface area contributed by atoms with Crippen LogP contribution in [0.5, 0.6) is 0 Å². The molecule has 4 nitrogen and oxygen atoms in total. The zero-order valence-corrected chi connectivity index (χ0v) is 18.9. The van der Waals surface area contributed by atoms with Crippen LogP contribution in [-0.2, 0) is 10.2 Å².